The van der Waals surface area contributed by atoms with E-state index in [0.29, 0.717) is 11.8 Å². The van der Waals surface area contributed by atoms with Crippen LogP contribution in [0.3, 0.4) is 0 Å². The highest BCUT2D eigenvalue weighted by molar-refractivity contribution is 6.69. The van der Waals surface area contributed by atoms with E-state index in [1.807, 2.05) is 18.2 Å². The fraction of sp³-hybridized carbons (Fsp3) is 0.562. The Morgan fingerprint density at radius 2 is 1.85 bits per heavy atom. The van der Waals surface area contributed by atoms with Gasteiger partial charge in [-0.2, -0.15) is 0 Å². The normalized spacial score (nSPS) is 23.4. The smallest absolute Gasteiger partial charge is 0.221 e. The Morgan fingerprint density at radius 3 is 2.40 bits per heavy atom. The fourth-order valence-electron chi connectivity index (χ4n) is 2.36. The molecular weight excluding hydrogens is 266 g/mol. The summed E-state index contributed by atoms with van der Waals surface area (Å²) in [6, 6.07) is 10.3. The molecule has 1 aliphatic rings. The molecule has 1 heterocycles. The molecule has 2 atom stereocenters. The minimum absolute atomic E-state index is 0.200. The van der Waals surface area contributed by atoms with Crippen LogP contribution in [-0.4, -0.2) is 20.3 Å². The molecule has 2 rings (SSSR count). The van der Waals surface area contributed by atoms with Crippen LogP contribution >= 0.6 is 0 Å². The van der Waals surface area contributed by atoms with Gasteiger partial charge in [-0.1, -0.05) is 49.3 Å². The van der Waals surface area contributed by atoms with Crippen molar-refractivity contribution in [3.63, 3.8) is 0 Å². The van der Waals surface area contributed by atoms with E-state index in [-0.39, 0.29) is 6.29 Å². The summed E-state index contributed by atoms with van der Waals surface area (Å²) in [4.78, 5) is 5.70. The van der Waals surface area contributed by atoms with Gasteiger partial charge in [0.2, 0.25) is 6.29 Å². The second-order valence-electron chi connectivity index (χ2n) is 6.72. The monoisotopic (exact) mass is 291 g/mol. The third-order valence-corrected chi connectivity index (χ3v) is 4.42. The standard InChI is InChI=1S/C16H25NO2Si/c1-12(2)14-11-15(13-9-7-6-8-10-13)17-18-16(14)19-20(3,4)5/h6-10,12,14,16H,11H2,1-5H3/t14-,16+/m1/s1. The molecule has 0 aromatic heterocycles. The minimum Gasteiger partial charge on any atom is -0.382 e. The van der Waals surface area contributed by atoms with Gasteiger partial charge in [0.1, 0.15) is 0 Å². The van der Waals surface area contributed by atoms with Gasteiger partial charge in [0, 0.05) is 12.3 Å². The van der Waals surface area contributed by atoms with E-state index in [4.69, 9.17) is 9.26 Å². The second-order valence-corrected chi connectivity index (χ2v) is 11.2. The van der Waals surface area contributed by atoms with Crippen molar-refractivity contribution < 1.29 is 9.26 Å². The first-order valence-electron chi connectivity index (χ1n) is 7.33. The maximum Gasteiger partial charge on any atom is 0.221 e. The van der Waals surface area contributed by atoms with Gasteiger partial charge in [-0.15, -0.1) is 0 Å². The van der Waals surface area contributed by atoms with E-state index >= 15 is 0 Å². The van der Waals surface area contributed by atoms with Gasteiger partial charge in [-0.05, 0) is 31.1 Å². The second kappa shape index (κ2) is 6.10. The largest absolute Gasteiger partial charge is 0.382 e. The molecule has 0 fully saturated rings. The van der Waals surface area contributed by atoms with Gasteiger partial charge in [0.25, 0.3) is 0 Å². The topological polar surface area (TPSA) is 30.8 Å². The Morgan fingerprint density at radius 1 is 1.20 bits per heavy atom. The number of rotatable bonds is 4. The van der Waals surface area contributed by atoms with Crippen molar-refractivity contribution in [1.82, 2.24) is 0 Å². The molecule has 0 aliphatic carbocycles. The molecule has 4 heteroatoms. The maximum absolute atomic E-state index is 6.15. The minimum atomic E-state index is -1.63. The Labute approximate surface area is 123 Å². The van der Waals surface area contributed by atoms with E-state index in [1.54, 1.807) is 0 Å². The number of hydrogen-bond donors (Lipinski definition) is 0. The molecule has 20 heavy (non-hydrogen) atoms. The Balaban J connectivity index is 2.18. The third kappa shape index (κ3) is 3.93. The third-order valence-electron chi connectivity index (χ3n) is 3.48. The highest BCUT2D eigenvalue weighted by atomic mass is 28.4. The highest BCUT2D eigenvalue weighted by Gasteiger charge is 2.35. The van der Waals surface area contributed by atoms with Crippen LogP contribution in [0.25, 0.3) is 0 Å². The van der Waals surface area contributed by atoms with E-state index < -0.39 is 8.32 Å². The van der Waals surface area contributed by atoms with Gasteiger partial charge in [0.15, 0.2) is 8.32 Å². The first kappa shape index (κ1) is 15.3. The van der Waals surface area contributed by atoms with E-state index in [9.17, 15) is 0 Å². The molecule has 0 N–H and O–H groups in total. The van der Waals surface area contributed by atoms with Crippen LogP contribution in [0.5, 0.6) is 0 Å². The van der Waals surface area contributed by atoms with Gasteiger partial charge in [-0.3, -0.25) is 0 Å². The van der Waals surface area contributed by atoms with Crippen LogP contribution in [0.4, 0.5) is 0 Å². The SMILES string of the molecule is CC(C)[C@H]1CC(c2ccccc2)=NO[C@H]1O[Si](C)(C)C. The number of nitrogens with zero attached hydrogens (tertiary/aromatic N) is 1. The van der Waals surface area contributed by atoms with Crippen LogP contribution in [0.15, 0.2) is 35.5 Å². The summed E-state index contributed by atoms with van der Waals surface area (Å²) in [6.07, 6.45) is 0.714. The van der Waals surface area contributed by atoms with Gasteiger partial charge >= 0.3 is 0 Å². The van der Waals surface area contributed by atoms with Crippen LogP contribution in [0, 0.1) is 11.8 Å². The maximum atomic E-state index is 6.15. The van der Waals surface area contributed by atoms with Crippen LogP contribution in [0.2, 0.25) is 19.6 Å². The Kier molecular flexibility index (Phi) is 4.65. The number of oxime groups is 1. The molecule has 1 aromatic rings. The molecule has 0 spiro atoms. The van der Waals surface area contributed by atoms with Crippen LogP contribution < -0.4 is 0 Å². The lowest BCUT2D eigenvalue weighted by molar-refractivity contribution is -0.137. The summed E-state index contributed by atoms with van der Waals surface area (Å²) in [5.41, 5.74) is 2.17. The molecule has 0 amide bonds. The van der Waals surface area contributed by atoms with Gasteiger partial charge in [0.05, 0.1) is 5.71 Å². The van der Waals surface area contributed by atoms with Crippen molar-refractivity contribution in [2.24, 2.45) is 17.0 Å². The molecule has 0 saturated heterocycles. The van der Waals surface area contributed by atoms with E-state index in [1.165, 1.54) is 0 Å². The lowest BCUT2D eigenvalue weighted by Gasteiger charge is -2.35. The lowest BCUT2D eigenvalue weighted by Crippen LogP contribution is -2.42. The summed E-state index contributed by atoms with van der Waals surface area (Å²) >= 11 is 0. The summed E-state index contributed by atoms with van der Waals surface area (Å²) in [5, 5.41) is 4.31. The van der Waals surface area contributed by atoms with Crippen LogP contribution in [0.1, 0.15) is 25.8 Å². The summed E-state index contributed by atoms with van der Waals surface area (Å²) in [7, 11) is -1.63. The van der Waals surface area contributed by atoms with Crippen molar-refractivity contribution in [2.45, 2.75) is 46.2 Å². The van der Waals surface area contributed by atoms with E-state index in [2.05, 4.69) is 50.8 Å². The van der Waals surface area contributed by atoms with Gasteiger partial charge in [-0.25, -0.2) is 0 Å². The van der Waals surface area contributed by atoms with Crippen LogP contribution in [-0.2, 0) is 9.26 Å². The van der Waals surface area contributed by atoms with Crippen molar-refractivity contribution >= 4 is 14.0 Å². The molecule has 1 aliphatic heterocycles. The average Bonchev–Trinajstić information content (AvgIpc) is 2.38. The molecule has 0 radical (unpaired) electrons. The first-order chi connectivity index (χ1) is 9.37. The van der Waals surface area contributed by atoms with E-state index in [0.717, 1.165) is 17.7 Å². The molecule has 0 unspecified atom stereocenters. The first-order valence-corrected chi connectivity index (χ1v) is 10.7. The summed E-state index contributed by atoms with van der Waals surface area (Å²) in [6.45, 7) is 11.0. The quantitative estimate of drug-likeness (QED) is 0.776. The molecule has 0 saturated carbocycles. The summed E-state index contributed by atoms with van der Waals surface area (Å²) < 4.78 is 6.15. The lowest BCUT2D eigenvalue weighted by atomic mass is 9.87. The Bertz CT molecular complexity index is 465. The zero-order valence-electron chi connectivity index (χ0n) is 13.1. The molecule has 110 valence electrons. The molecule has 0 bridgehead atoms. The molecular formula is C16H25NO2Si. The molecule has 3 nitrogen and oxygen atoms in total. The fourth-order valence-corrected chi connectivity index (χ4v) is 3.27. The molecule has 1 aromatic carbocycles. The van der Waals surface area contributed by atoms with Crippen molar-refractivity contribution in [1.29, 1.82) is 0 Å². The highest BCUT2D eigenvalue weighted by Crippen LogP contribution is 2.30. The summed E-state index contributed by atoms with van der Waals surface area (Å²) in [5.74, 6) is 0.861. The number of hydrogen-bond acceptors (Lipinski definition) is 3. The van der Waals surface area contributed by atoms with Gasteiger partial charge < -0.3 is 9.26 Å². The predicted molar refractivity (Wildman–Crippen MR) is 85.2 cm³/mol. The zero-order valence-corrected chi connectivity index (χ0v) is 14.1. The number of benzene rings is 1. The predicted octanol–water partition coefficient (Wildman–Crippen LogP) is 4.26. The average molecular weight is 291 g/mol. The zero-order chi connectivity index (χ0) is 14.8. The van der Waals surface area contributed by atoms with Crippen molar-refractivity contribution in [3.8, 4) is 0 Å². The Hall–Kier alpha value is -1.13. The van der Waals surface area contributed by atoms with Crippen molar-refractivity contribution in [2.75, 3.05) is 0 Å². The van der Waals surface area contributed by atoms with Crippen molar-refractivity contribution in [3.05, 3.63) is 35.9 Å².